The molecule has 0 nitrogen and oxygen atoms in total. The van der Waals surface area contributed by atoms with Crippen LogP contribution in [0.25, 0.3) is 0 Å². The van der Waals surface area contributed by atoms with Gasteiger partial charge in [-0.05, 0) is 36.2 Å². The largest absolute Gasteiger partial charge is 0.130 e. The summed E-state index contributed by atoms with van der Waals surface area (Å²) in [5.74, 6) is 2.01. The highest BCUT2D eigenvalue weighted by Gasteiger charge is 2.27. The standard InChI is InChI=1S/C15H18S/c1-3-7-12(8-4-1)14-11-16-15-10-6-2-5-9-13(14)15/h1,3-4,7-8,14H,2,5-6,9-11H2. The molecule has 3 rings (SSSR count). The molecule has 0 bridgehead atoms. The van der Waals surface area contributed by atoms with E-state index < -0.39 is 0 Å². The van der Waals surface area contributed by atoms with Gasteiger partial charge in [0.1, 0.15) is 0 Å². The fourth-order valence-electron chi connectivity index (χ4n) is 2.88. The summed E-state index contributed by atoms with van der Waals surface area (Å²) in [6, 6.07) is 11.1. The molecule has 0 aromatic heterocycles. The zero-order chi connectivity index (χ0) is 10.8. The Morgan fingerprint density at radius 1 is 0.938 bits per heavy atom. The first-order valence-corrected chi connectivity index (χ1v) is 7.33. The van der Waals surface area contributed by atoms with Gasteiger partial charge in [0.2, 0.25) is 0 Å². The zero-order valence-corrected chi connectivity index (χ0v) is 10.4. The molecule has 1 aliphatic heterocycles. The van der Waals surface area contributed by atoms with Crippen molar-refractivity contribution in [2.24, 2.45) is 0 Å². The maximum absolute atomic E-state index is 2.30. The van der Waals surface area contributed by atoms with Gasteiger partial charge in [0.05, 0.1) is 0 Å². The average molecular weight is 230 g/mol. The summed E-state index contributed by atoms with van der Waals surface area (Å²) in [5.41, 5.74) is 3.30. The Morgan fingerprint density at radius 3 is 2.62 bits per heavy atom. The summed E-state index contributed by atoms with van der Waals surface area (Å²) < 4.78 is 0. The minimum Gasteiger partial charge on any atom is -0.130 e. The van der Waals surface area contributed by atoms with Crippen LogP contribution in [0.3, 0.4) is 0 Å². The molecule has 0 N–H and O–H groups in total. The molecule has 0 radical (unpaired) electrons. The second-order valence-corrected chi connectivity index (χ2v) is 5.90. The van der Waals surface area contributed by atoms with Crippen molar-refractivity contribution < 1.29 is 0 Å². The first kappa shape index (κ1) is 10.5. The van der Waals surface area contributed by atoms with Crippen molar-refractivity contribution in [1.29, 1.82) is 0 Å². The summed E-state index contributed by atoms with van der Waals surface area (Å²) in [6.07, 6.45) is 6.94. The van der Waals surface area contributed by atoms with Crippen LogP contribution in [0.1, 0.15) is 43.6 Å². The first-order chi connectivity index (χ1) is 7.95. The van der Waals surface area contributed by atoms with E-state index in [1.54, 1.807) is 10.5 Å². The Hall–Kier alpha value is -0.690. The van der Waals surface area contributed by atoms with Crippen molar-refractivity contribution in [3.63, 3.8) is 0 Å². The van der Waals surface area contributed by atoms with Crippen molar-refractivity contribution in [2.75, 3.05) is 5.75 Å². The normalized spacial score (nSPS) is 25.4. The van der Waals surface area contributed by atoms with Crippen molar-refractivity contribution in [2.45, 2.75) is 38.0 Å². The summed E-state index contributed by atoms with van der Waals surface area (Å²) >= 11 is 2.12. The average Bonchev–Trinajstić information content (AvgIpc) is 2.60. The third kappa shape index (κ3) is 1.93. The molecule has 1 unspecified atom stereocenters. The van der Waals surface area contributed by atoms with Gasteiger partial charge in [-0.3, -0.25) is 0 Å². The fourth-order valence-corrected chi connectivity index (χ4v) is 4.36. The topological polar surface area (TPSA) is 0 Å². The molecule has 84 valence electrons. The molecule has 1 aromatic rings. The molecule has 1 heteroatoms. The van der Waals surface area contributed by atoms with Gasteiger partial charge in [-0.15, -0.1) is 11.8 Å². The van der Waals surface area contributed by atoms with Gasteiger partial charge in [0.25, 0.3) is 0 Å². The Labute approximate surface area is 102 Å². The molecular formula is C15H18S. The smallest absolute Gasteiger partial charge is 0.0153 e. The van der Waals surface area contributed by atoms with Crippen LogP contribution in [0, 0.1) is 0 Å². The Bertz CT molecular complexity index is 391. The molecule has 1 aliphatic carbocycles. The van der Waals surface area contributed by atoms with E-state index in [0.29, 0.717) is 0 Å². The maximum Gasteiger partial charge on any atom is 0.0153 e. The lowest BCUT2D eigenvalue weighted by atomic mass is 9.90. The second-order valence-electron chi connectivity index (χ2n) is 4.78. The highest BCUT2D eigenvalue weighted by Crippen LogP contribution is 2.47. The van der Waals surface area contributed by atoms with Crippen LogP contribution in [0.15, 0.2) is 40.8 Å². The van der Waals surface area contributed by atoms with Crippen molar-refractivity contribution >= 4 is 11.8 Å². The first-order valence-electron chi connectivity index (χ1n) is 6.35. The van der Waals surface area contributed by atoms with Gasteiger partial charge in [0, 0.05) is 11.7 Å². The van der Waals surface area contributed by atoms with E-state index in [2.05, 4.69) is 42.1 Å². The third-order valence-electron chi connectivity index (χ3n) is 3.75. The molecule has 0 fully saturated rings. The van der Waals surface area contributed by atoms with Gasteiger partial charge in [-0.25, -0.2) is 0 Å². The number of rotatable bonds is 1. The molecule has 0 spiro atoms. The van der Waals surface area contributed by atoms with Gasteiger partial charge in [0.15, 0.2) is 0 Å². The highest BCUT2D eigenvalue weighted by atomic mass is 32.2. The number of hydrogen-bond donors (Lipinski definition) is 0. The second kappa shape index (κ2) is 4.67. The van der Waals surface area contributed by atoms with Crippen molar-refractivity contribution in [3.8, 4) is 0 Å². The van der Waals surface area contributed by atoms with E-state index >= 15 is 0 Å². The third-order valence-corrected chi connectivity index (χ3v) is 5.07. The van der Waals surface area contributed by atoms with E-state index in [9.17, 15) is 0 Å². The zero-order valence-electron chi connectivity index (χ0n) is 9.61. The summed E-state index contributed by atoms with van der Waals surface area (Å²) in [6.45, 7) is 0. The van der Waals surface area contributed by atoms with Crippen molar-refractivity contribution in [3.05, 3.63) is 46.4 Å². The summed E-state index contributed by atoms with van der Waals surface area (Å²) in [7, 11) is 0. The maximum atomic E-state index is 2.30. The van der Waals surface area contributed by atoms with E-state index in [0.717, 1.165) is 5.92 Å². The predicted molar refractivity (Wildman–Crippen MR) is 71.8 cm³/mol. The molecule has 2 aliphatic rings. The van der Waals surface area contributed by atoms with E-state index in [4.69, 9.17) is 0 Å². The van der Waals surface area contributed by atoms with E-state index in [-0.39, 0.29) is 0 Å². The van der Waals surface area contributed by atoms with Crippen LogP contribution in [0.5, 0.6) is 0 Å². The van der Waals surface area contributed by atoms with Crippen LogP contribution in [0.2, 0.25) is 0 Å². The van der Waals surface area contributed by atoms with E-state index in [1.165, 1.54) is 43.4 Å². The molecule has 1 heterocycles. The molecular weight excluding hydrogens is 212 g/mol. The van der Waals surface area contributed by atoms with Crippen LogP contribution in [0.4, 0.5) is 0 Å². The van der Waals surface area contributed by atoms with Gasteiger partial charge in [-0.1, -0.05) is 42.3 Å². The molecule has 1 aromatic carbocycles. The number of allylic oxidation sites excluding steroid dienone is 2. The number of hydrogen-bond acceptors (Lipinski definition) is 1. The van der Waals surface area contributed by atoms with Gasteiger partial charge in [-0.2, -0.15) is 0 Å². The number of thioether (sulfide) groups is 1. The lowest BCUT2D eigenvalue weighted by Crippen LogP contribution is -2.01. The Morgan fingerprint density at radius 2 is 1.75 bits per heavy atom. The van der Waals surface area contributed by atoms with Crippen molar-refractivity contribution in [1.82, 2.24) is 0 Å². The van der Waals surface area contributed by atoms with E-state index in [1.807, 2.05) is 0 Å². The SMILES string of the molecule is c1ccc(C2CSC3=C2CCCCC3)cc1. The van der Waals surface area contributed by atoms with Crippen LogP contribution < -0.4 is 0 Å². The molecule has 1 atom stereocenters. The molecule has 16 heavy (non-hydrogen) atoms. The summed E-state index contributed by atoms with van der Waals surface area (Å²) in [4.78, 5) is 1.73. The van der Waals surface area contributed by atoms with Gasteiger partial charge >= 0.3 is 0 Å². The Balaban J connectivity index is 1.90. The summed E-state index contributed by atoms with van der Waals surface area (Å²) in [5, 5.41) is 0. The Kier molecular flexibility index (Phi) is 3.05. The molecule has 0 saturated heterocycles. The fraction of sp³-hybridized carbons (Fsp3) is 0.467. The van der Waals surface area contributed by atoms with Crippen LogP contribution in [-0.2, 0) is 0 Å². The van der Waals surface area contributed by atoms with Crippen LogP contribution in [-0.4, -0.2) is 5.75 Å². The quantitative estimate of drug-likeness (QED) is 0.671. The lowest BCUT2D eigenvalue weighted by Gasteiger charge is -2.14. The minimum absolute atomic E-state index is 0.722. The highest BCUT2D eigenvalue weighted by molar-refractivity contribution is 8.03. The van der Waals surface area contributed by atoms with Crippen LogP contribution >= 0.6 is 11.8 Å². The predicted octanol–water partition coefficient (Wildman–Crippen LogP) is 4.74. The monoisotopic (exact) mass is 230 g/mol. The minimum atomic E-state index is 0.722. The molecule has 0 saturated carbocycles. The molecule has 0 amide bonds. The lowest BCUT2D eigenvalue weighted by molar-refractivity contribution is 0.694. The van der Waals surface area contributed by atoms with Gasteiger partial charge < -0.3 is 0 Å². The number of benzene rings is 1.